The monoisotopic (exact) mass is 292 g/mol. The van der Waals surface area contributed by atoms with Crippen molar-refractivity contribution in [3.8, 4) is 5.75 Å². The van der Waals surface area contributed by atoms with Gasteiger partial charge < -0.3 is 19.7 Å². The first-order valence-electron chi connectivity index (χ1n) is 7.77. The molecule has 2 rings (SSSR count). The van der Waals surface area contributed by atoms with Crippen molar-refractivity contribution in [3.63, 3.8) is 0 Å². The lowest BCUT2D eigenvalue weighted by molar-refractivity contribution is 0.181. The summed E-state index contributed by atoms with van der Waals surface area (Å²) in [7, 11) is 5.62. The summed E-state index contributed by atoms with van der Waals surface area (Å²) in [5.41, 5.74) is 2.43. The van der Waals surface area contributed by atoms with Gasteiger partial charge in [0.05, 0.1) is 13.7 Å². The Balaban J connectivity index is 1.93. The molecule has 1 heterocycles. The fraction of sp³-hybridized carbons (Fsp3) is 0.647. The Morgan fingerprint density at radius 2 is 2.19 bits per heavy atom. The molecule has 0 radical (unpaired) electrons. The quantitative estimate of drug-likeness (QED) is 0.836. The normalized spacial score (nSPS) is 19.0. The van der Waals surface area contributed by atoms with Gasteiger partial charge in [0.25, 0.3) is 0 Å². The average molecular weight is 292 g/mol. The van der Waals surface area contributed by atoms with Gasteiger partial charge in [0.1, 0.15) is 5.75 Å². The zero-order valence-electron chi connectivity index (χ0n) is 13.5. The minimum absolute atomic E-state index is 0.591. The van der Waals surface area contributed by atoms with Crippen LogP contribution in [0, 0.1) is 5.92 Å². The molecule has 4 heteroatoms. The highest BCUT2D eigenvalue weighted by atomic mass is 16.5. The molecule has 1 N–H and O–H groups in total. The van der Waals surface area contributed by atoms with Gasteiger partial charge in [-0.25, -0.2) is 0 Å². The number of methoxy groups -OCH3 is 2. The molecule has 0 aromatic heterocycles. The third kappa shape index (κ3) is 4.99. The Morgan fingerprint density at radius 3 is 2.86 bits per heavy atom. The van der Waals surface area contributed by atoms with Crippen molar-refractivity contribution in [3.05, 3.63) is 29.3 Å². The molecule has 1 aromatic rings. The summed E-state index contributed by atoms with van der Waals surface area (Å²) in [5.74, 6) is 1.68. The number of ether oxygens (including phenoxy) is 2. The SMILES string of the molecule is COCc1cc(CN(C)C[C@@H]2CCCNC2)ccc1OC. The van der Waals surface area contributed by atoms with E-state index in [1.807, 2.05) is 6.07 Å². The zero-order valence-corrected chi connectivity index (χ0v) is 13.5. The van der Waals surface area contributed by atoms with Crippen LogP contribution in [-0.2, 0) is 17.9 Å². The molecule has 0 aliphatic carbocycles. The van der Waals surface area contributed by atoms with Gasteiger partial charge >= 0.3 is 0 Å². The summed E-state index contributed by atoms with van der Waals surface area (Å²) in [6.45, 7) is 5.05. The van der Waals surface area contributed by atoms with Crippen LogP contribution in [0.2, 0.25) is 0 Å². The molecule has 0 unspecified atom stereocenters. The number of hydrogen-bond donors (Lipinski definition) is 1. The predicted octanol–water partition coefficient (Wildman–Crippen LogP) is 2.27. The highest BCUT2D eigenvalue weighted by Gasteiger charge is 2.15. The molecule has 4 nitrogen and oxygen atoms in total. The second-order valence-electron chi connectivity index (χ2n) is 5.99. The number of nitrogens with zero attached hydrogens (tertiary/aromatic N) is 1. The summed E-state index contributed by atoms with van der Waals surface area (Å²) in [6, 6.07) is 6.38. The average Bonchev–Trinajstić information content (AvgIpc) is 2.49. The Kier molecular flexibility index (Phi) is 6.49. The van der Waals surface area contributed by atoms with Gasteiger partial charge in [-0.1, -0.05) is 6.07 Å². The van der Waals surface area contributed by atoms with Crippen molar-refractivity contribution in [1.82, 2.24) is 10.2 Å². The van der Waals surface area contributed by atoms with Crippen LogP contribution < -0.4 is 10.1 Å². The first-order valence-corrected chi connectivity index (χ1v) is 7.77. The van der Waals surface area contributed by atoms with Gasteiger partial charge in [0.15, 0.2) is 0 Å². The molecular formula is C17H28N2O2. The van der Waals surface area contributed by atoms with E-state index in [4.69, 9.17) is 9.47 Å². The van der Waals surface area contributed by atoms with Crippen molar-refractivity contribution in [2.45, 2.75) is 26.0 Å². The number of hydrogen-bond acceptors (Lipinski definition) is 4. The van der Waals surface area contributed by atoms with Gasteiger partial charge in [0, 0.05) is 25.8 Å². The molecule has 118 valence electrons. The van der Waals surface area contributed by atoms with Gasteiger partial charge in [0.2, 0.25) is 0 Å². The maximum atomic E-state index is 5.38. The van der Waals surface area contributed by atoms with Gasteiger partial charge in [-0.05, 0) is 56.6 Å². The van der Waals surface area contributed by atoms with E-state index in [0.29, 0.717) is 6.61 Å². The summed E-state index contributed by atoms with van der Waals surface area (Å²) in [5, 5.41) is 3.49. The Labute approximate surface area is 128 Å². The Morgan fingerprint density at radius 1 is 1.33 bits per heavy atom. The Hall–Kier alpha value is -1.10. The van der Waals surface area contributed by atoms with Gasteiger partial charge in [-0.15, -0.1) is 0 Å². The van der Waals surface area contributed by atoms with Crippen LogP contribution in [0.5, 0.6) is 5.75 Å². The molecule has 1 saturated heterocycles. The number of benzene rings is 1. The van der Waals surface area contributed by atoms with Crippen LogP contribution in [0.15, 0.2) is 18.2 Å². The molecule has 0 saturated carbocycles. The van der Waals surface area contributed by atoms with Crippen molar-refractivity contribution in [2.75, 3.05) is 40.9 Å². The second kappa shape index (κ2) is 8.37. The summed E-state index contributed by atoms with van der Waals surface area (Å²) < 4.78 is 10.6. The summed E-state index contributed by atoms with van der Waals surface area (Å²) in [4.78, 5) is 2.41. The van der Waals surface area contributed by atoms with Crippen LogP contribution in [0.25, 0.3) is 0 Å². The third-order valence-corrected chi connectivity index (χ3v) is 4.07. The number of nitrogens with one attached hydrogen (secondary N) is 1. The van der Waals surface area contributed by atoms with E-state index < -0.39 is 0 Å². The van der Waals surface area contributed by atoms with Crippen LogP contribution in [-0.4, -0.2) is 45.8 Å². The first-order chi connectivity index (χ1) is 10.2. The van der Waals surface area contributed by atoms with E-state index >= 15 is 0 Å². The number of rotatable bonds is 7. The lowest BCUT2D eigenvalue weighted by Crippen LogP contribution is -2.36. The first kappa shape index (κ1) is 16.3. The molecule has 1 fully saturated rings. The summed E-state index contributed by atoms with van der Waals surface area (Å²) >= 11 is 0. The van der Waals surface area contributed by atoms with Crippen molar-refractivity contribution in [2.24, 2.45) is 5.92 Å². The molecule has 0 spiro atoms. The van der Waals surface area contributed by atoms with E-state index in [1.54, 1.807) is 14.2 Å². The molecule has 21 heavy (non-hydrogen) atoms. The van der Waals surface area contributed by atoms with Gasteiger partial charge in [-0.3, -0.25) is 0 Å². The lowest BCUT2D eigenvalue weighted by Gasteiger charge is -2.27. The Bertz CT molecular complexity index is 431. The highest BCUT2D eigenvalue weighted by Crippen LogP contribution is 2.22. The predicted molar refractivity (Wildman–Crippen MR) is 85.6 cm³/mol. The van der Waals surface area contributed by atoms with E-state index in [9.17, 15) is 0 Å². The molecule has 1 aromatic carbocycles. The molecule has 0 amide bonds. The van der Waals surface area contributed by atoms with Crippen LogP contribution >= 0.6 is 0 Å². The van der Waals surface area contributed by atoms with Crippen molar-refractivity contribution < 1.29 is 9.47 Å². The molecule has 1 atom stereocenters. The molecule has 1 aliphatic heterocycles. The standard InChI is InChI=1S/C17H28N2O2/c1-19(12-15-5-4-8-18-10-15)11-14-6-7-17(21-3)16(9-14)13-20-2/h6-7,9,15,18H,4-5,8,10-13H2,1-3H3/t15-/m1/s1. The van der Waals surface area contributed by atoms with Crippen LogP contribution in [0.1, 0.15) is 24.0 Å². The van der Waals surface area contributed by atoms with E-state index in [-0.39, 0.29) is 0 Å². The molecular weight excluding hydrogens is 264 g/mol. The highest BCUT2D eigenvalue weighted by molar-refractivity contribution is 5.36. The number of piperidine rings is 1. The maximum Gasteiger partial charge on any atom is 0.124 e. The minimum Gasteiger partial charge on any atom is -0.496 e. The van der Waals surface area contributed by atoms with Crippen LogP contribution in [0.3, 0.4) is 0 Å². The smallest absolute Gasteiger partial charge is 0.124 e. The topological polar surface area (TPSA) is 33.7 Å². The fourth-order valence-corrected chi connectivity index (χ4v) is 3.10. The van der Waals surface area contributed by atoms with E-state index in [0.717, 1.165) is 36.9 Å². The molecule has 0 bridgehead atoms. The second-order valence-corrected chi connectivity index (χ2v) is 5.99. The zero-order chi connectivity index (χ0) is 15.1. The third-order valence-electron chi connectivity index (χ3n) is 4.07. The summed E-state index contributed by atoms with van der Waals surface area (Å²) in [6.07, 6.45) is 2.65. The fourth-order valence-electron chi connectivity index (χ4n) is 3.10. The van der Waals surface area contributed by atoms with Gasteiger partial charge in [-0.2, -0.15) is 0 Å². The lowest BCUT2D eigenvalue weighted by atomic mass is 9.99. The maximum absolute atomic E-state index is 5.38. The largest absolute Gasteiger partial charge is 0.496 e. The molecule has 1 aliphatic rings. The van der Waals surface area contributed by atoms with Crippen molar-refractivity contribution >= 4 is 0 Å². The van der Waals surface area contributed by atoms with Crippen molar-refractivity contribution in [1.29, 1.82) is 0 Å². The van der Waals surface area contributed by atoms with E-state index in [2.05, 4.69) is 29.4 Å². The minimum atomic E-state index is 0.591. The van der Waals surface area contributed by atoms with E-state index in [1.165, 1.54) is 24.9 Å². The van der Waals surface area contributed by atoms with Crippen LogP contribution in [0.4, 0.5) is 0 Å².